The summed E-state index contributed by atoms with van der Waals surface area (Å²) >= 11 is 0. The Morgan fingerprint density at radius 2 is 1.92 bits per heavy atom. The van der Waals surface area contributed by atoms with Crippen molar-refractivity contribution in [2.24, 2.45) is 0 Å². The quantitative estimate of drug-likeness (QED) is 0.435. The fourth-order valence-corrected chi connectivity index (χ4v) is 5.05. The lowest BCUT2D eigenvalue weighted by Crippen LogP contribution is -2.44. The number of nitrogens with zero attached hydrogens (tertiary/aromatic N) is 9. The topological polar surface area (TPSA) is 124 Å². The van der Waals surface area contributed by atoms with Crippen LogP contribution in [0.3, 0.4) is 0 Å². The van der Waals surface area contributed by atoms with Crippen LogP contribution in [0, 0.1) is 0 Å². The van der Waals surface area contributed by atoms with Gasteiger partial charge in [0, 0.05) is 61.8 Å². The summed E-state index contributed by atoms with van der Waals surface area (Å²) in [7, 11) is 3.99. The van der Waals surface area contributed by atoms with E-state index in [1.165, 1.54) is 0 Å². The van der Waals surface area contributed by atoms with Crippen LogP contribution in [0.15, 0.2) is 47.8 Å². The van der Waals surface area contributed by atoms with Gasteiger partial charge in [0.1, 0.15) is 11.5 Å². The SMILES string of the molecule is CC1=C(C(=O)Nc2ccc3[nH]nc(-c4ccnc(N5CCN(C)CC5)c4)c3c2)C(C)n2nnnc2N1C. The van der Waals surface area contributed by atoms with E-state index in [1.54, 1.807) is 4.68 Å². The van der Waals surface area contributed by atoms with E-state index in [9.17, 15) is 4.79 Å². The van der Waals surface area contributed by atoms with Crippen LogP contribution in [0.1, 0.15) is 19.9 Å². The van der Waals surface area contributed by atoms with Crippen molar-refractivity contribution < 1.29 is 4.79 Å². The standard InChI is InChI=1S/C25H29N11O/c1-15-22(16(2)36-25(34(15)4)30-31-32-36)24(37)27-18-5-6-20-19(14-18)23(29-28-20)17-7-8-26-21(13-17)35-11-9-33(3)10-12-35/h5-8,13-14,16H,9-12H2,1-4H3,(H,27,37)(H,28,29). The van der Waals surface area contributed by atoms with E-state index in [0.29, 0.717) is 17.2 Å². The number of rotatable bonds is 4. The molecule has 12 heteroatoms. The third-order valence-corrected chi connectivity index (χ3v) is 7.36. The Balaban J connectivity index is 1.28. The van der Waals surface area contributed by atoms with Crippen LogP contribution in [0.25, 0.3) is 22.2 Å². The maximum absolute atomic E-state index is 13.4. The van der Waals surface area contributed by atoms with Gasteiger partial charge in [-0.3, -0.25) is 9.89 Å². The molecule has 1 fully saturated rings. The summed E-state index contributed by atoms with van der Waals surface area (Å²) in [5.41, 5.74) is 4.80. The van der Waals surface area contributed by atoms with Gasteiger partial charge in [0.25, 0.3) is 5.91 Å². The zero-order chi connectivity index (χ0) is 25.7. The summed E-state index contributed by atoms with van der Waals surface area (Å²) in [5, 5.41) is 23.6. The minimum Gasteiger partial charge on any atom is -0.354 e. The van der Waals surface area contributed by atoms with Crippen LogP contribution < -0.4 is 15.1 Å². The van der Waals surface area contributed by atoms with Crippen molar-refractivity contribution in [2.45, 2.75) is 19.9 Å². The second-order valence-electron chi connectivity index (χ2n) is 9.64. The van der Waals surface area contributed by atoms with E-state index in [4.69, 9.17) is 0 Å². The number of aromatic nitrogens is 7. The molecule has 12 nitrogen and oxygen atoms in total. The monoisotopic (exact) mass is 499 g/mol. The fourth-order valence-electron chi connectivity index (χ4n) is 5.05. The molecular weight excluding hydrogens is 470 g/mol. The second-order valence-corrected chi connectivity index (χ2v) is 9.64. The number of tetrazole rings is 1. The van der Waals surface area contributed by atoms with Gasteiger partial charge in [0.05, 0.1) is 17.1 Å². The number of hydrogen-bond donors (Lipinski definition) is 2. The number of hydrogen-bond acceptors (Lipinski definition) is 9. The molecule has 4 aromatic rings. The molecular formula is C25H29N11O. The number of fused-ring (bicyclic) bond motifs is 2. The van der Waals surface area contributed by atoms with Gasteiger partial charge in [-0.1, -0.05) is 5.10 Å². The number of anilines is 3. The van der Waals surface area contributed by atoms with Crippen molar-refractivity contribution in [3.63, 3.8) is 0 Å². The van der Waals surface area contributed by atoms with Crippen LogP contribution >= 0.6 is 0 Å². The number of nitrogens with one attached hydrogen (secondary N) is 2. The van der Waals surface area contributed by atoms with E-state index in [-0.39, 0.29) is 11.9 Å². The molecule has 0 bridgehead atoms. The smallest absolute Gasteiger partial charge is 0.255 e. The van der Waals surface area contributed by atoms with E-state index >= 15 is 0 Å². The fraction of sp³-hybridized carbons (Fsp3) is 0.360. The third-order valence-electron chi connectivity index (χ3n) is 7.36. The van der Waals surface area contributed by atoms with E-state index in [0.717, 1.165) is 59.9 Å². The summed E-state index contributed by atoms with van der Waals surface area (Å²) in [4.78, 5) is 24.5. The Morgan fingerprint density at radius 3 is 2.73 bits per heavy atom. The number of likely N-dealkylation sites (N-methyl/N-ethyl adjacent to an activating group) is 1. The molecule has 0 radical (unpaired) electrons. The number of amides is 1. The summed E-state index contributed by atoms with van der Waals surface area (Å²) in [6.45, 7) is 7.74. The van der Waals surface area contributed by atoms with Crippen molar-refractivity contribution in [1.29, 1.82) is 0 Å². The highest BCUT2D eigenvalue weighted by Crippen LogP contribution is 2.34. The van der Waals surface area contributed by atoms with E-state index in [1.807, 2.05) is 56.3 Å². The summed E-state index contributed by atoms with van der Waals surface area (Å²) in [6.07, 6.45) is 1.83. The van der Waals surface area contributed by atoms with E-state index < -0.39 is 0 Å². The molecule has 5 heterocycles. The number of carbonyl (C=O) groups excluding carboxylic acids is 1. The van der Waals surface area contributed by atoms with Crippen molar-refractivity contribution in [1.82, 2.24) is 40.3 Å². The molecule has 0 saturated carbocycles. The molecule has 2 N–H and O–H groups in total. The molecule has 1 amide bonds. The lowest BCUT2D eigenvalue weighted by molar-refractivity contribution is -0.113. The first kappa shape index (κ1) is 23.1. The molecule has 3 aromatic heterocycles. The number of aromatic amines is 1. The number of carbonyl (C=O) groups is 1. The average Bonchev–Trinajstić information content (AvgIpc) is 3.56. The summed E-state index contributed by atoms with van der Waals surface area (Å²) in [6, 6.07) is 9.53. The predicted octanol–water partition coefficient (Wildman–Crippen LogP) is 2.29. The van der Waals surface area contributed by atoms with Gasteiger partial charge in [-0.25, -0.2) is 9.67 Å². The number of allylic oxidation sites excluding steroid dienone is 1. The number of pyridine rings is 1. The maximum atomic E-state index is 13.4. The number of benzene rings is 1. The minimum absolute atomic E-state index is 0.191. The Kier molecular flexibility index (Phi) is 5.60. The van der Waals surface area contributed by atoms with Gasteiger partial charge in [-0.15, -0.1) is 0 Å². The van der Waals surface area contributed by atoms with Crippen molar-refractivity contribution in [3.05, 3.63) is 47.8 Å². The highest BCUT2D eigenvalue weighted by Gasteiger charge is 2.32. The molecule has 1 saturated heterocycles. The van der Waals surface area contributed by atoms with Crippen LogP contribution in [0.2, 0.25) is 0 Å². The van der Waals surface area contributed by atoms with Crippen molar-refractivity contribution in [2.75, 3.05) is 55.4 Å². The Morgan fingerprint density at radius 1 is 1.11 bits per heavy atom. The highest BCUT2D eigenvalue weighted by atomic mass is 16.1. The third kappa shape index (κ3) is 3.99. The van der Waals surface area contributed by atoms with Gasteiger partial charge in [-0.05, 0) is 61.7 Å². The maximum Gasteiger partial charge on any atom is 0.255 e. The Bertz CT molecular complexity index is 1510. The van der Waals surface area contributed by atoms with Crippen LogP contribution in [-0.4, -0.2) is 86.5 Å². The first-order chi connectivity index (χ1) is 17.9. The zero-order valence-corrected chi connectivity index (χ0v) is 21.3. The largest absolute Gasteiger partial charge is 0.354 e. The van der Waals surface area contributed by atoms with Gasteiger partial charge < -0.3 is 20.0 Å². The molecule has 1 aromatic carbocycles. The van der Waals surface area contributed by atoms with Gasteiger partial charge in [-0.2, -0.15) is 5.10 Å². The Hall–Kier alpha value is -4.32. The molecule has 0 spiro atoms. The zero-order valence-electron chi connectivity index (χ0n) is 21.3. The first-order valence-corrected chi connectivity index (χ1v) is 12.3. The van der Waals surface area contributed by atoms with Crippen LogP contribution in [0.5, 0.6) is 0 Å². The predicted molar refractivity (Wildman–Crippen MR) is 141 cm³/mol. The summed E-state index contributed by atoms with van der Waals surface area (Å²) in [5.74, 6) is 1.37. The lowest BCUT2D eigenvalue weighted by atomic mass is 10.0. The Labute approximate surface area is 213 Å². The first-order valence-electron chi connectivity index (χ1n) is 12.3. The molecule has 0 aliphatic carbocycles. The van der Waals surface area contributed by atoms with Gasteiger partial charge in [0.15, 0.2) is 0 Å². The molecule has 37 heavy (non-hydrogen) atoms. The van der Waals surface area contributed by atoms with Crippen molar-refractivity contribution >= 4 is 34.3 Å². The van der Waals surface area contributed by atoms with Gasteiger partial charge in [0.2, 0.25) is 5.95 Å². The molecule has 190 valence electrons. The van der Waals surface area contributed by atoms with Crippen LogP contribution in [-0.2, 0) is 4.79 Å². The van der Waals surface area contributed by atoms with Crippen LogP contribution in [0.4, 0.5) is 17.5 Å². The molecule has 1 unspecified atom stereocenters. The number of H-pyrrole nitrogens is 1. The number of piperazine rings is 1. The molecule has 6 rings (SSSR count). The molecule has 2 aliphatic heterocycles. The normalized spacial score (nSPS) is 18.4. The summed E-state index contributed by atoms with van der Waals surface area (Å²) < 4.78 is 1.65. The van der Waals surface area contributed by atoms with Crippen molar-refractivity contribution in [3.8, 4) is 11.3 Å². The molecule has 1 atom stereocenters. The van der Waals surface area contributed by atoms with E-state index in [2.05, 4.69) is 58.9 Å². The average molecular weight is 500 g/mol. The molecule has 2 aliphatic rings. The lowest BCUT2D eigenvalue weighted by Gasteiger charge is -2.33. The second kappa shape index (κ2) is 8.96. The minimum atomic E-state index is -0.292. The van der Waals surface area contributed by atoms with Gasteiger partial charge >= 0.3 is 0 Å². The highest BCUT2D eigenvalue weighted by molar-refractivity contribution is 6.07.